The second kappa shape index (κ2) is 6.29. The molecule has 2 rings (SSSR count). The lowest BCUT2D eigenvalue weighted by Gasteiger charge is -2.10. The molecule has 0 aliphatic heterocycles. The van der Waals surface area contributed by atoms with E-state index in [1.165, 1.54) is 0 Å². The van der Waals surface area contributed by atoms with Gasteiger partial charge in [0.25, 0.3) is 5.91 Å². The van der Waals surface area contributed by atoms with Crippen LogP contribution in [0.5, 0.6) is 5.75 Å². The third-order valence-corrected chi connectivity index (χ3v) is 3.81. The van der Waals surface area contributed by atoms with Gasteiger partial charge in [-0.25, -0.2) is 0 Å². The van der Waals surface area contributed by atoms with E-state index in [0.29, 0.717) is 26.5 Å². The van der Waals surface area contributed by atoms with Gasteiger partial charge in [-0.1, -0.05) is 17.7 Å². The molecule has 0 fully saturated rings. The van der Waals surface area contributed by atoms with Crippen molar-refractivity contribution in [2.45, 2.75) is 6.92 Å². The molecule has 0 heterocycles. The molecule has 3 nitrogen and oxygen atoms in total. The van der Waals surface area contributed by atoms with Gasteiger partial charge in [0.2, 0.25) is 0 Å². The maximum atomic E-state index is 12.3. The lowest BCUT2D eigenvalue weighted by molar-refractivity contribution is 0.102. The zero-order chi connectivity index (χ0) is 14.7. The number of halogens is 2. The fourth-order valence-electron chi connectivity index (χ4n) is 1.73. The number of benzene rings is 2. The van der Waals surface area contributed by atoms with Gasteiger partial charge >= 0.3 is 0 Å². The second-order valence-corrected chi connectivity index (χ2v) is 5.54. The third kappa shape index (κ3) is 3.32. The Morgan fingerprint density at radius 3 is 2.70 bits per heavy atom. The second-order valence-electron chi connectivity index (χ2n) is 4.28. The minimum atomic E-state index is -0.247. The van der Waals surface area contributed by atoms with Gasteiger partial charge in [-0.3, -0.25) is 4.79 Å². The van der Waals surface area contributed by atoms with E-state index in [-0.39, 0.29) is 5.91 Å². The molecule has 0 saturated heterocycles. The van der Waals surface area contributed by atoms with E-state index in [2.05, 4.69) is 21.2 Å². The molecule has 1 N–H and O–H groups in total. The van der Waals surface area contributed by atoms with E-state index >= 15 is 0 Å². The molecule has 1 amide bonds. The van der Waals surface area contributed by atoms with Gasteiger partial charge in [0.05, 0.1) is 23.4 Å². The number of carbonyl (C=O) groups excluding carboxylic acids is 1. The van der Waals surface area contributed by atoms with Gasteiger partial charge in [-0.05, 0) is 58.7 Å². The molecular formula is C15H13BrClNO2. The lowest BCUT2D eigenvalue weighted by atomic mass is 10.1. The molecule has 0 saturated carbocycles. The molecule has 0 aliphatic rings. The Morgan fingerprint density at radius 2 is 2.00 bits per heavy atom. The summed E-state index contributed by atoms with van der Waals surface area (Å²) in [4.78, 5) is 12.3. The maximum Gasteiger partial charge on any atom is 0.256 e. The summed E-state index contributed by atoms with van der Waals surface area (Å²) < 4.78 is 5.82. The van der Waals surface area contributed by atoms with Crippen LogP contribution >= 0.6 is 27.5 Å². The average molecular weight is 355 g/mol. The molecule has 5 heteroatoms. The quantitative estimate of drug-likeness (QED) is 0.869. The number of methoxy groups -OCH3 is 1. The fourth-order valence-corrected chi connectivity index (χ4v) is 2.32. The molecule has 0 aliphatic carbocycles. The van der Waals surface area contributed by atoms with Crippen molar-refractivity contribution in [1.82, 2.24) is 0 Å². The Hall–Kier alpha value is -1.52. The first-order valence-corrected chi connectivity index (χ1v) is 7.09. The first-order chi connectivity index (χ1) is 9.51. The lowest BCUT2D eigenvalue weighted by Crippen LogP contribution is -2.13. The van der Waals surface area contributed by atoms with Crippen LogP contribution in [-0.2, 0) is 0 Å². The van der Waals surface area contributed by atoms with Gasteiger partial charge in [-0.2, -0.15) is 0 Å². The van der Waals surface area contributed by atoms with Gasteiger partial charge in [0.15, 0.2) is 0 Å². The minimum Gasteiger partial charge on any atom is -0.497 e. The first-order valence-electron chi connectivity index (χ1n) is 5.92. The van der Waals surface area contributed by atoms with Crippen LogP contribution < -0.4 is 10.1 Å². The summed E-state index contributed by atoms with van der Waals surface area (Å²) in [5.74, 6) is 0.372. The highest BCUT2D eigenvalue weighted by Gasteiger charge is 2.13. The zero-order valence-electron chi connectivity index (χ0n) is 11.0. The summed E-state index contributed by atoms with van der Waals surface area (Å²) in [5, 5.41) is 3.31. The molecule has 0 unspecified atom stereocenters. The number of amides is 1. The summed E-state index contributed by atoms with van der Waals surface area (Å²) in [6, 6.07) is 10.7. The molecule has 0 atom stereocenters. The predicted molar refractivity (Wildman–Crippen MR) is 84.8 cm³/mol. The van der Waals surface area contributed by atoms with Crippen LogP contribution in [0.4, 0.5) is 5.69 Å². The summed E-state index contributed by atoms with van der Waals surface area (Å²) in [6.45, 7) is 1.94. The molecule has 0 spiro atoms. The largest absolute Gasteiger partial charge is 0.497 e. The number of carbonyl (C=O) groups is 1. The average Bonchev–Trinajstić information content (AvgIpc) is 2.43. The maximum absolute atomic E-state index is 12.3. The number of aryl methyl sites for hydroxylation is 1. The summed E-state index contributed by atoms with van der Waals surface area (Å²) in [6.07, 6.45) is 0. The molecule has 2 aromatic rings. The van der Waals surface area contributed by atoms with Crippen molar-refractivity contribution in [3.63, 3.8) is 0 Å². The Labute approximate surface area is 131 Å². The molecule has 104 valence electrons. The van der Waals surface area contributed by atoms with Crippen LogP contribution in [-0.4, -0.2) is 13.0 Å². The van der Waals surface area contributed by atoms with Crippen molar-refractivity contribution in [3.05, 3.63) is 57.0 Å². The Bertz CT molecular complexity index is 658. The number of nitrogens with one attached hydrogen (secondary N) is 1. The van der Waals surface area contributed by atoms with Crippen LogP contribution in [0, 0.1) is 6.92 Å². The van der Waals surface area contributed by atoms with E-state index in [1.54, 1.807) is 31.4 Å². The molecule has 2 aromatic carbocycles. The van der Waals surface area contributed by atoms with Gasteiger partial charge in [-0.15, -0.1) is 0 Å². The first kappa shape index (κ1) is 14.9. The van der Waals surface area contributed by atoms with E-state index in [4.69, 9.17) is 16.3 Å². The Balaban J connectivity index is 2.30. The molecule has 20 heavy (non-hydrogen) atoms. The molecular weight excluding hydrogens is 342 g/mol. The number of hydrogen-bond donors (Lipinski definition) is 1. The van der Waals surface area contributed by atoms with Gasteiger partial charge in [0.1, 0.15) is 5.75 Å². The van der Waals surface area contributed by atoms with Crippen LogP contribution in [0.15, 0.2) is 40.9 Å². The molecule has 0 bridgehead atoms. The number of ether oxygens (including phenoxy) is 1. The highest BCUT2D eigenvalue weighted by molar-refractivity contribution is 9.10. The summed E-state index contributed by atoms with van der Waals surface area (Å²) >= 11 is 9.43. The highest BCUT2D eigenvalue weighted by Crippen LogP contribution is 2.26. The minimum absolute atomic E-state index is 0.247. The van der Waals surface area contributed by atoms with Crippen LogP contribution in [0.3, 0.4) is 0 Å². The number of anilines is 1. The Kier molecular flexibility index (Phi) is 4.68. The van der Waals surface area contributed by atoms with E-state index in [9.17, 15) is 4.79 Å². The van der Waals surface area contributed by atoms with Gasteiger partial charge in [0, 0.05) is 4.47 Å². The van der Waals surface area contributed by atoms with Crippen molar-refractivity contribution in [2.24, 2.45) is 0 Å². The monoisotopic (exact) mass is 353 g/mol. The summed E-state index contributed by atoms with van der Waals surface area (Å²) in [7, 11) is 1.56. The van der Waals surface area contributed by atoms with Gasteiger partial charge < -0.3 is 10.1 Å². The standard InChI is InChI=1S/C15H13BrClNO2/c1-9-3-6-13(17)14(7-9)18-15(19)11-8-10(20-2)4-5-12(11)16/h3-8H,1-2H3,(H,18,19). The third-order valence-electron chi connectivity index (χ3n) is 2.79. The van der Waals surface area contributed by atoms with Crippen molar-refractivity contribution in [3.8, 4) is 5.75 Å². The van der Waals surface area contributed by atoms with E-state index in [1.807, 2.05) is 19.1 Å². The van der Waals surface area contributed by atoms with Crippen molar-refractivity contribution in [2.75, 3.05) is 12.4 Å². The smallest absolute Gasteiger partial charge is 0.256 e. The summed E-state index contributed by atoms with van der Waals surface area (Å²) in [5.41, 5.74) is 2.10. The molecule has 0 aromatic heterocycles. The SMILES string of the molecule is COc1ccc(Br)c(C(=O)Nc2cc(C)ccc2Cl)c1. The van der Waals surface area contributed by atoms with Crippen molar-refractivity contribution >= 4 is 39.1 Å². The molecule has 0 radical (unpaired) electrons. The van der Waals surface area contributed by atoms with Crippen LogP contribution in [0.1, 0.15) is 15.9 Å². The number of rotatable bonds is 3. The Morgan fingerprint density at radius 1 is 1.25 bits per heavy atom. The predicted octanol–water partition coefficient (Wildman–Crippen LogP) is 4.67. The number of hydrogen-bond acceptors (Lipinski definition) is 2. The highest BCUT2D eigenvalue weighted by atomic mass is 79.9. The van der Waals surface area contributed by atoms with Crippen LogP contribution in [0.2, 0.25) is 5.02 Å². The normalized spacial score (nSPS) is 10.2. The van der Waals surface area contributed by atoms with E-state index in [0.717, 1.165) is 5.56 Å². The van der Waals surface area contributed by atoms with E-state index < -0.39 is 0 Å². The zero-order valence-corrected chi connectivity index (χ0v) is 13.4. The fraction of sp³-hybridized carbons (Fsp3) is 0.133. The topological polar surface area (TPSA) is 38.3 Å². The van der Waals surface area contributed by atoms with Crippen molar-refractivity contribution < 1.29 is 9.53 Å². The van der Waals surface area contributed by atoms with Crippen LogP contribution in [0.25, 0.3) is 0 Å². The van der Waals surface area contributed by atoms with Crippen molar-refractivity contribution in [1.29, 1.82) is 0 Å².